The second-order valence-corrected chi connectivity index (χ2v) is 8.44. The van der Waals surface area contributed by atoms with Gasteiger partial charge in [0.1, 0.15) is 0 Å². The van der Waals surface area contributed by atoms with Crippen molar-refractivity contribution in [2.75, 3.05) is 52.5 Å². The van der Waals surface area contributed by atoms with Crippen molar-refractivity contribution in [3.05, 3.63) is 35.4 Å². The summed E-state index contributed by atoms with van der Waals surface area (Å²) in [6.45, 7) is 11.2. The van der Waals surface area contributed by atoms with Crippen molar-refractivity contribution in [2.24, 2.45) is 4.99 Å². The molecule has 4 rings (SSSR count). The van der Waals surface area contributed by atoms with E-state index in [1.165, 1.54) is 17.5 Å². The van der Waals surface area contributed by atoms with Gasteiger partial charge in [0.05, 0.1) is 19.8 Å². The topological polar surface area (TPSA) is 60.4 Å². The molecule has 30 heavy (non-hydrogen) atoms. The fraction of sp³-hybridized carbons (Fsp3) is 0.652. The van der Waals surface area contributed by atoms with Crippen molar-refractivity contribution in [2.45, 2.75) is 45.3 Å². The summed E-state index contributed by atoms with van der Waals surface area (Å²) in [6.07, 6.45) is 2.87. The highest BCUT2D eigenvalue weighted by atomic mass is 16.5. The van der Waals surface area contributed by atoms with Gasteiger partial charge >= 0.3 is 0 Å². The molecule has 164 valence electrons. The van der Waals surface area contributed by atoms with Gasteiger partial charge in [0.2, 0.25) is 5.91 Å². The summed E-state index contributed by atoms with van der Waals surface area (Å²) in [5.74, 6) is 1.29. The molecule has 1 aromatic rings. The molecule has 1 aromatic carbocycles. The van der Waals surface area contributed by atoms with Crippen LogP contribution < -0.4 is 5.32 Å². The lowest BCUT2D eigenvalue weighted by Crippen LogP contribution is -2.46. The molecule has 1 amide bonds. The van der Waals surface area contributed by atoms with Crippen LogP contribution in [0.1, 0.15) is 37.3 Å². The molecule has 1 N–H and O–H groups in total. The average molecular weight is 414 g/mol. The number of hydrogen-bond acceptors (Lipinski definition) is 4. The Morgan fingerprint density at radius 1 is 1.13 bits per heavy atom. The molecule has 3 aliphatic rings. The second kappa shape index (κ2) is 10.3. The lowest BCUT2D eigenvalue weighted by Gasteiger charge is -2.32. The maximum absolute atomic E-state index is 11.8. The molecule has 1 atom stereocenters. The Hall–Kier alpha value is -2.12. The highest BCUT2D eigenvalue weighted by Gasteiger charge is 2.30. The van der Waals surface area contributed by atoms with Gasteiger partial charge in [0, 0.05) is 58.3 Å². The van der Waals surface area contributed by atoms with Crippen LogP contribution in [0.5, 0.6) is 0 Å². The first-order valence-corrected chi connectivity index (χ1v) is 11.4. The molecule has 7 heteroatoms. The van der Waals surface area contributed by atoms with E-state index in [0.717, 1.165) is 71.4 Å². The third kappa shape index (κ3) is 5.32. The van der Waals surface area contributed by atoms with Crippen molar-refractivity contribution in [3.8, 4) is 0 Å². The molecule has 3 aliphatic heterocycles. The summed E-state index contributed by atoms with van der Waals surface area (Å²) in [6, 6.07) is 9.15. The molecule has 0 aliphatic carbocycles. The van der Waals surface area contributed by atoms with Crippen LogP contribution in [-0.2, 0) is 22.6 Å². The molecule has 3 saturated heterocycles. The molecule has 0 spiro atoms. The van der Waals surface area contributed by atoms with Gasteiger partial charge in [-0.15, -0.1) is 0 Å². The molecule has 0 saturated carbocycles. The zero-order chi connectivity index (χ0) is 20.8. The van der Waals surface area contributed by atoms with Gasteiger partial charge < -0.3 is 19.9 Å². The van der Waals surface area contributed by atoms with Gasteiger partial charge in [-0.2, -0.15) is 0 Å². The van der Waals surface area contributed by atoms with Gasteiger partial charge in [-0.05, 0) is 30.9 Å². The summed E-state index contributed by atoms with van der Waals surface area (Å²) in [7, 11) is 0. The zero-order valence-electron chi connectivity index (χ0n) is 18.2. The van der Waals surface area contributed by atoms with Crippen molar-refractivity contribution in [3.63, 3.8) is 0 Å². The highest BCUT2D eigenvalue weighted by Crippen LogP contribution is 2.18. The fourth-order valence-electron chi connectivity index (χ4n) is 4.61. The van der Waals surface area contributed by atoms with Gasteiger partial charge in [0.25, 0.3) is 0 Å². The third-order valence-electron chi connectivity index (χ3n) is 6.34. The predicted octanol–water partition coefficient (Wildman–Crippen LogP) is 1.68. The first-order chi connectivity index (χ1) is 14.7. The Bertz CT molecular complexity index is 730. The number of nitrogens with one attached hydrogen (secondary N) is 1. The Morgan fingerprint density at radius 3 is 2.60 bits per heavy atom. The SMILES string of the molecule is CCNC(=NCc1ccc(CN2CCCC2=O)cc1)N1CCC(N2CCOCC2)C1. The van der Waals surface area contributed by atoms with Gasteiger partial charge in [0.15, 0.2) is 5.96 Å². The molecule has 0 aromatic heterocycles. The Labute approximate surface area is 180 Å². The van der Waals surface area contributed by atoms with E-state index in [1.54, 1.807) is 0 Å². The van der Waals surface area contributed by atoms with Crippen LogP contribution in [0.4, 0.5) is 0 Å². The van der Waals surface area contributed by atoms with E-state index < -0.39 is 0 Å². The van der Waals surface area contributed by atoms with E-state index in [1.807, 2.05) is 4.90 Å². The van der Waals surface area contributed by atoms with Crippen LogP contribution in [0, 0.1) is 0 Å². The van der Waals surface area contributed by atoms with Crippen LogP contribution in [0.25, 0.3) is 0 Å². The minimum atomic E-state index is 0.278. The first-order valence-electron chi connectivity index (χ1n) is 11.4. The normalized spacial score (nSPS) is 23.4. The molecule has 1 unspecified atom stereocenters. The Kier molecular flexibility index (Phi) is 7.23. The van der Waals surface area contributed by atoms with E-state index in [-0.39, 0.29) is 5.91 Å². The Morgan fingerprint density at radius 2 is 1.90 bits per heavy atom. The van der Waals surface area contributed by atoms with Crippen LogP contribution in [0.15, 0.2) is 29.3 Å². The van der Waals surface area contributed by atoms with Gasteiger partial charge in [-0.1, -0.05) is 24.3 Å². The molecular weight excluding hydrogens is 378 g/mol. The van der Waals surface area contributed by atoms with Gasteiger partial charge in [-0.3, -0.25) is 9.69 Å². The quantitative estimate of drug-likeness (QED) is 0.568. The maximum atomic E-state index is 11.8. The summed E-state index contributed by atoms with van der Waals surface area (Å²) in [5, 5.41) is 3.47. The summed E-state index contributed by atoms with van der Waals surface area (Å²) in [4.78, 5) is 23.7. The van der Waals surface area contributed by atoms with Crippen molar-refractivity contribution < 1.29 is 9.53 Å². The Balaban J connectivity index is 1.32. The third-order valence-corrected chi connectivity index (χ3v) is 6.34. The van der Waals surface area contributed by atoms with Crippen molar-refractivity contribution in [1.29, 1.82) is 0 Å². The number of benzene rings is 1. The number of carbonyl (C=O) groups is 1. The zero-order valence-corrected chi connectivity index (χ0v) is 18.2. The van der Waals surface area contributed by atoms with Crippen LogP contribution in [0.2, 0.25) is 0 Å². The smallest absolute Gasteiger partial charge is 0.222 e. The first kappa shape index (κ1) is 21.1. The van der Waals surface area contributed by atoms with Crippen LogP contribution in [-0.4, -0.2) is 85.1 Å². The number of likely N-dealkylation sites (tertiary alicyclic amines) is 2. The number of hydrogen-bond donors (Lipinski definition) is 1. The predicted molar refractivity (Wildman–Crippen MR) is 118 cm³/mol. The van der Waals surface area contributed by atoms with Crippen LogP contribution >= 0.6 is 0 Å². The molecule has 3 heterocycles. The molecule has 0 radical (unpaired) electrons. The fourth-order valence-corrected chi connectivity index (χ4v) is 4.61. The number of carbonyl (C=O) groups excluding carboxylic acids is 1. The lowest BCUT2D eigenvalue weighted by atomic mass is 10.1. The number of ether oxygens (including phenoxy) is 1. The van der Waals surface area contributed by atoms with E-state index >= 15 is 0 Å². The molecule has 7 nitrogen and oxygen atoms in total. The number of rotatable bonds is 6. The summed E-state index contributed by atoms with van der Waals surface area (Å²) in [5.41, 5.74) is 2.39. The number of nitrogens with zero attached hydrogens (tertiary/aromatic N) is 4. The van der Waals surface area contributed by atoms with E-state index in [0.29, 0.717) is 19.0 Å². The maximum Gasteiger partial charge on any atom is 0.222 e. The van der Waals surface area contributed by atoms with E-state index in [9.17, 15) is 4.79 Å². The summed E-state index contributed by atoms with van der Waals surface area (Å²) >= 11 is 0. The van der Waals surface area contributed by atoms with Crippen molar-refractivity contribution in [1.82, 2.24) is 20.0 Å². The average Bonchev–Trinajstić information content (AvgIpc) is 3.42. The van der Waals surface area contributed by atoms with Gasteiger partial charge in [-0.25, -0.2) is 4.99 Å². The minimum absolute atomic E-state index is 0.278. The van der Waals surface area contributed by atoms with E-state index in [2.05, 4.69) is 46.3 Å². The number of morpholine rings is 1. The molecular formula is C23H35N5O2. The number of aliphatic imine (C=N–C) groups is 1. The largest absolute Gasteiger partial charge is 0.379 e. The second-order valence-electron chi connectivity index (χ2n) is 8.44. The number of amides is 1. The summed E-state index contributed by atoms with van der Waals surface area (Å²) < 4.78 is 5.50. The van der Waals surface area contributed by atoms with Crippen LogP contribution in [0.3, 0.4) is 0 Å². The van der Waals surface area contributed by atoms with Crippen molar-refractivity contribution >= 4 is 11.9 Å². The highest BCUT2D eigenvalue weighted by molar-refractivity contribution is 5.80. The lowest BCUT2D eigenvalue weighted by molar-refractivity contribution is -0.128. The minimum Gasteiger partial charge on any atom is -0.379 e. The van der Waals surface area contributed by atoms with E-state index in [4.69, 9.17) is 9.73 Å². The number of guanidine groups is 1. The monoisotopic (exact) mass is 413 g/mol. The molecule has 0 bridgehead atoms. The standard InChI is InChI=1S/C23H35N5O2/c1-2-24-23(28-11-9-21(18-28)26-12-14-30-15-13-26)25-16-19-5-7-20(8-6-19)17-27-10-3-4-22(27)29/h5-8,21H,2-4,9-18H2,1H3,(H,24,25). The molecule has 3 fully saturated rings.